The number of hydrogen-bond acceptors (Lipinski definition) is 3. The number of hydrogen-bond donors (Lipinski definition) is 1. The fraction of sp³-hybridized carbons (Fsp3) is 0.333. The Kier molecular flexibility index (Phi) is 5.69. The van der Waals surface area contributed by atoms with E-state index in [1.165, 1.54) is 11.1 Å². The van der Waals surface area contributed by atoms with Crippen molar-refractivity contribution in [2.75, 3.05) is 20.8 Å². The Morgan fingerprint density at radius 1 is 1.09 bits per heavy atom. The van der Waals surface area contributed by atoms with Gasteiger partial charge in [0, 0.05) is 10.9 Å². The van der Waals surface area contributed by atoms with Gasteiger partial charge in [0.1, 0.15) is 11.5 Å². The lowest BCUT2D eigenvalue weighted by molar-refractivity contribution is 0.407. The molecule has 0 heterocycles. The highest BCUT2D eigenvalue weighted by atomic mass is 35.5. The molecule has 4 heteroatoms. The van der Waals surface area contributed by atoms with Gasteiger partial charge < -0.3 is 15.2 Å². The van der Waals surface area contributed by atoms with Crippen molar-refractivity contribution in [3.8, 4) is 11.5 Å². The number of ether oxygens (including phenoxy) is 2. The molecule has 2 aromatic rings. The zero-order valence-electron chi connectivity index (χ0n) is 13.2. The lowest BCUT2D eigenvalue weighted by Gasteiger charge is -2.20. The fourth-order valence-corrected chi connectivity index (χ4v) is 2.92. The van der Waals surface area contributed by atoms with Crippen LogP contribution in [-0.2, 0) is 6.42 Å². The lowest BCUT2D eigenvalue weighted by atomic mass is 9.89. The van der Waals surface area contributed by atoms with Crippen LogP contribution < -0.4 is 15.2 Å². The molecule has 0 spiro atoms. The molecule has 2 aromatic carbocycles. The molecular formula is C18H22ClNO2. The van der Waals surface area contributed by atoms with Gasteiger partial charge in [-0.3, -0.25) is 0 Å². The van der Waals surface area contributed by atoms with Crippen LogP contribution in [0.15, 0.2) is 36.4 Å². The molecule has 0 aliphatic rings. The summed E-state index contributed by atoms with van der Waals surface area (Å²) in [5.74, 6) is 1.91. The summed E-state index contributed by atoms with van der Waals surface area (Å²) in [6.07, 6.45) is 0.785. The van der Waals surface area contributed by atoms with Crippen LogP contribution in [0.5, 0.6) is 11.5 Å². The van der Waals surface area contributed by atoms with Gasteiger partial charge in [-0.25, -0.2) is 0 Å². The van der Waals surface area contributed by atoms with Crippen LogP contribution in [-0.4, -0.2) is 20.8 Å². The molecule has 0 amide bonds. The van der Waals surface area contributed by atoms with Crippen molar-refractivity contribution in [3.05, 3.63) is 58.1 Å². The van der Waals surface area contributed by atoms with Gasteiger partial charge >= 0.3 is 0 Å². The zero-order chi connectivity index (χ0) is 16.1. The maximum Gasteiger partial charge on any atom is 0.122 e. The zero-order valence-corrected chi connectivity index (χ0v) is 14.0. The van der Waals surface area contributed by atoms with E-state index in [0.29, 0.717) is 11.6 Å². The number of nitrogens with two attached hydrogens (primary N) is 1. The molecule has 3 nitrogen and oxygen atoms in total. The first-order valence-electron chi connectivity index (χ1n) is 7.26. The van der Waals surface area contributed by atoms with E-state index in [0.717, 1.165) is 23.5 Å². The minimum Gasteiger partial charge on any atom is -0.497 e. The summed E-state index contributed by atoms with van der Waals surface area (Å²) in [5, 5.41) is 0.707. The normalized spacial score (nSPS) is 12.0. The smallest absolute Gasteiger partial charge is 0.122 e. The van der Waals surface area contributed by atoms with Crippen LogP contribution in [0.1, 0.15) is 22.6 Å². The van der Waals surface area contributed by atoms with E-state index < -0.39 is 0 Å². The fourth-order valence-electron chi connectivity index (χ4n) is 2.73. The molecule has 118 valence electrons. The third kappa shape index (κ3) is 3.73. The van der Waals surface area contributed by atoms with Gasteiger partial charge in [-0.05, 0) is 66.9 Å². The van der Waals surface area contributed by atoms with Crippen LogP contribution in [0.25, 0.3) is 0 Å². The lowest BCUT2D eigenvalue weighted by Crippen LogP contribution is -2.16. The SMILES string of the molecule is COc1ccc(C(CN)Cc2cc(Cl)ccc2OC)c(C)c1. The molecule has 0 bridgehead atoms. The van der Waals surface area contributed by atoms with Crippen molar-refractivity contribution in [2.45, 2.75) is 19.3 Å². The highest BCUT2D eigenvalue weighted by molar-refractivity contribution is 6.30. The van der Waals surface area contributed by atoms with Crippen LogP contribution in [0, 0.1) is 6.92 Å². The van der Waals surface area contributed by atoms with Gasteiger partial charge in [0.15, 0.2) is 0 Å². The highest BCUT2D eigenvalue weighted by Crippen LogP contribution is 2.31. The Hall–Kier alpha value is -1.71. The molecule has 0 fully saturated rings. The van der Waals surface area contributed by atoms with Crippen molar-refractivity contribution in [1.82, 2.24) is 0 Å². The first kappa shape index (κ1) is 16.7. The van der Waals surface area contributed by atoms with E-state index in [1.807, 2.05) is 30.3 Å². The molecule has 0 aromatic heterocycles. The van der Waals surface area contributed by atoms with Crippen LogP contribution in [0.4, 0.5) is 0 Å². The summed E-state index contributed by atoms with van der Waals surface area (Å²) in [6, 6.07) is 11.8. The summed E-state index contributed by atoms with van der Waals surface area (Å²) in [5.41, 5.74) is 9.49. The summed E-state index contributed by atoms with van der Waals surface area (Å²) in [7, 11) is 3.34. The molecule has 0 saturated heterocycles. The van der Waals surface area contributed by atoms with Gasteiger partial charge in [0.05, 0.1) is 14.2 Å². The Morgan fingerprint density at radius 2 is 1.86 bits per heavy atom. The summed E-state index contributed by atoms with van der Waals surface area (Å²) in [6.45, 7) is 2.64. The average molecular weight is 320 g/mol. The Morgan fingerprint density at radius 3 is 2.45 bits per heavy atom. The second kappa shape index (κ2) is 7.52. The van der Waals surface area contributed by atoms with Gasteiger partial charge in [-0.2, -0.15) is 0 Å². The van der Waals surface area contributed by atoms with Crippen LogP contribution >= 0.6 is 11.6 Å². The third-order valence-corrected chi connectivity index (χ3v) is 4.15. The van der Waals surface area contributed by atoms with Crippen LogP contribution in [0.3, 0.4) is 0 Å². The Labute approximate surface area is 137 Å². The number of rotatable bonds is 6. The largest absolute Gasteiger partial charge is 0.497 e. The summed E-state index contributed by atoms with van der Waals surface area (Å²) < 4.78 is 10.7. The van der Waals surface area contributed by atoms with Gasteiger partial charge in [-0.1, -0.05) is 17.7 Å². The minimum atomic E-state index is 0.207. The quantitative estimate of drug-likeness (QED) is 0.876. The molecule has 2 rings (SSSR count). The van der Waals surface area contributed by atoms with Crippen LogP contribution in [0.2, 0.25) is 5.02 Å². The van der Waals surface area contributed by atoms with E-state index >= 15 is 0 Å². The summed E-state index contributed by atoms with van der Waals surface area (Å²) in [4.78, 5) is 0. The van der Waals surface area contributed by atoms with E-state index in [-0.39, 0.29) is 5.92 Å². The number of aryl methyl sites for hydroxylation is 1. The molecule has 1 atom stereocenters. The Balaban J connectivity index is 2.31. The monoisotopic (exact) mass is 319 g/mol. The topological polar surface area (TPSA) is 44.5 Å². The van der Waals surface area contributed by atoms with E-state index in [1.54, 1.807) is 14.2 Å². The van der Waals surface area contributed by atoms with E-state index in [2.05, 4.69) is 13.0 Å². The average Bonchev–Trinajstić information content (AvgIpc) is 2.53. The molecular weight excluding hydrogens is 298 g/mol. The van der Waals surface area contributed by atoms with E-state index in [9.17, 15) is 0 Å². The van der Waals surface area contributed by atoms with Gasteiger partial charge in [0.25, 0.3) is 0 Å². The van der Waals surface area contributed by atoms with Crippen molar-refractivity contribution in [2.24, 2.45) is 5.73 Å². The molecule has 22 heavy (non-hydrogen) atoms. The molecule has 0 aliphatic carbocycles. The number of benzene rings is 2. The third-order valence-electron chi connectivity index (χ3n) is 3.91. The van der Waals surface area contributed by atoms with Crippen molar-refractivity contribution >= 4 is 11.6 Å². The van der Waals surface area contributed by atoms with Crippen molar-refractivity contribution < 1.29 is 9.47 Å². The van der Waals surface area contributed by atoms with Gasteiger partial charge in [0.2, 0.25) is 0 Å². The van der Waals surface area contributed by atoms with Gasteiger partial charge in [-0.15, -0.1) is 0 Å². The second-order valence-corrected chi connectivity index (χ2v) is 5.75. The Bertz CT molecular complexity index is 643. The predicted octanol–water partition coefficient (Wildman–Crippen LogP) is 3.95. The molecule has 0 saturated carbocycles. The molecule has 0 radical (unpaired) electrons. The maximum atomic E-state index is 6.11. The first-order valence-corrected chi connectivity index (χ1v) is 7.63. The standard InChI is InChI=1S/C18H22ClNO2/c1-12-8-16(21-2)5-6-17(12)14(11-20)9-13-10-15(19)4-7-18(13)22-3/h4-8,10,14H,9,11,20H2,1-3H3. The number of halogens is 1. The maximum absolute atomic E-state index is 6.11. The predicted molar refractivity (Wildman–Crippen MR) is 91.2 cm³/mol. The van der Waals surface area contributed by atoms with Crippen molar-refractivity contribution in [3.63, 3.8) is 0 Å². The number of methoxy groups -OCH3 is 2. The second-order valence-electron chi connectivity index (χ2n) is 5.32. The van der Waals surface area contributed by atoms with E-state index in [4.69, 9.17) is 26.8 Å². The highest BCUT2D eigenvalue weighted by Gasteiger charge is 2.16. The molecule has 1 unspecified atom stereocenters. The first-order chi connectivity index (χ1) is 10.6. The summed E-state index contributed by atoms with van der Waals surface area (Å²) >= 11 is 6.11. The molecule has 2 N–H and O–H groups in total. The minimum absolute atomic E-state index is 0.207. The molecule has 0 aliphatic heterocycles. The van der Waals surface area contributed by atoms with Crippen molar-refractivity contribution in [1.29, 1.82) is 0 Å².